The summed E-state index contributed by atoms with van der Waals surface area (Å²) < 4.78 is 18.7. The van der Waals surface area contributed by atoms with E-state index in [0.717, 1.165) is 5.56 Å². The van der Waals surface area contributed by atoms with Gasteiger partial charge in [-0.3, -0.25) is 9.69 Å². The molecule has 0 spiro atoms. The number of piperazine rings is 1. The first-order chi connectivity index (χ1) is 13.5. The molecular weight excluding hydrogens is 383 g/mol. The largest absolute Gasteiger partial charge is 0.484 e. The van der Waals surface area contributed by atoms with Crippen LogP contribution in [0.3, 0.4) is 0 Å². The van der Waals surface area contributed by atoms with E-state index in [9.17, 15) is 14.3 Å². The maximum Gasteiger partial charge on any atom is 0.260 e. The fraction of sp³-hybridized carbons (Fsp3) is 0.381. The van der Waals surface area contributed by atoms with Crippen LogP contribution in [0.4, 0.5) is 4.39 Å². The normalized spacial score (nSPS) is 17.5. The molecule has 0 radical (unpaired) electrons. The van der Waals surface area contributed by atoms with Gasteiger partial charge in [0.25, 0.3) is 5.91 Å². The summed E-state index contributed by atoms with van der Waals surface area (Å²) in [6.07, 6.45) is 0.572. The molecule has 1 atom stereocenters. The zero-order chi connectivity index (χ0) is 19.9. The van der Waals surface area contributed by atoms with Crippen LogP contribution in [-0.4, -0.2) is 59.7 Å². The van der Waals surface area contributed by atoms with E-state index in [-0.39, 0.29) is 31.0 Å². The highest BCUT2D eigenvalue weighted by Crippen LogP contribution is 2.18. The Morgan fingerprint density at radius 1 is 1.14 bits per heavy atom. The van der Waals surface area contributed by atoms with E-state index in [1.165, 1.54) is 12.1 Å². The second-order valence-electron chi connectivity index (χ2n) is 6.85. The Labute approximate surface area is 169 Å². The molecule has 2 aromatic carbocycles. The van der Waals surface area contributed by atoms with Crippen LogP contribution in [0.1, 0.15) is 12.0 Å². The molecule has 0 saturated carbocycles. The maximum atomic E-state index is 13.1. The first-order valence-corrected chi connectivity index (χ1v) is 9.68. The van der Waals surface area contributed by atoms with E-state index in [1.54, 1.807) is 41.3 Å². The Morgan fingerprint density at radius 2 is 1.86 bits per heavy atom. The van der Waals surface area contributed by atoms with Crippen molar-refractivity contribution in [2.75, 3.05) is 32.8 Å². The summed E-state index contributed by atoms with van der Waals surface area (Å²) in [5.41, 5.74) is 1.01. The lowest BCUT2D eigenvalue weighted by Crippen LogP contribution is -2.55. The first kappa shape index (κ1) is 20.6. The third-order valence-corrected chi connectivity index (χ3v) is 5.15. The van der Waals surface area contributed by atoms with E-state index in [1.807, 2.05) is 0 Å². The molecule has 1 heterocycles. The van der Waals surface area contributed by atoms with Gasteiger partial charge in [0.1, 0.15) is 11.6 Å². The number of carbonyl (C=O) groups excluding carboxylic acids is 1. The number of ether oxygens (including phenoxy) is 1. The number of nitrogens with zero attached hydrogens (tertiary/aromatic N) is 2. The number of rotatable bonds is 7. The van der Waals surface area contributed by atoms with E-state index >= 15 is 0 Å². The molecule has 1 fully saturated rings. The van der Waals surface area contributed by atoms with Gasteiger partial charge in [-0.1, -0.05) is 23.7 Å². The molecule has 1 N–H and O–H groups in total. The Kier molecular flexibility index (Phi) is 7.25. The standard InChI is InChI=1S/C21H24ClFN2O3/c22-17-3-7-20(8-4-17)28-15-21(27)25-11-10-24(19(14-25)9-12-26)13-16-1-5-18(23)6-2-16/h1-8,19,26H,9-15H2. The number of hydrogen-bond acceptors (Lipinski definition) is 4. The van der Waals surface area contributed by atoms with Crippen LogP contribution in [0.5, 0.6) is 5.75 Å². The van der Waals surface area contributed by atoms with E-state index < -0.39 is 0 Å². The molecule has 1 unspecified atom stereocenters. The van der Waals surface area contributed by atoms with Crippen molar-refractivity contribution in [1.29, 1.82) is 0 Å². The van der Waals surface area contributed by atoms with Crippen molar-refractivity contribution in [3.63, 3.8) is 0 Å². The van der Waals surface area contributed by atoms with Crippen molar-refractivity contribution in [2.45, 2.75) is 19.0 Å². The molecule has 1 aliphatic heterocycles. The monoisotopic (exact) mass is 406 g/mol. The molecule has 3 rings (SSSR count). The Hall–Kier alpha value is -2.15. The van der Waals surface area contributed by atoms with Gasteiger partial charge in [0, 0.05) is 43.9 Å². The number of halogens is 2. The molecule has 0 bridgehead atoms. The van der Waals surface area contributed by atoms with Gasteiger partial charge in [0.2, 0.25) is 0 Å². The highest BCUT2D eigenvalue weighted by molar-refractivity contribution is 6.30. The highest BCUT2D eigenvalue weighted by Gasteiger charge is 2.29. The Bertz CT molecular complexity index is 770. The summed E-state index contributed by atoms with van der Waals surface area (Å²) >= 11 is 5.85. The summed E-state index contributed by atoms with van der Waals surface area (Å²) in [5, 5.41) is 10.0. The zero-order valence-electron chi connectivity index (χ0n) is 15.6. The lowest BCUT2D eigenvalue weighted by molar-refractivity contribution is -0.136. The number of amides is 1. The number of hydrogen-bond donors (Lipinski definition) is 1. The molecule has 1 saturated heterocycles. The Balaban J connectivity index is 1.55. The fourth-order valence-electron chi connectivity index (χ4n) is 3.34. The highest BCUT2D eigenvalue weighted by atomic mass is 35.5. The van der Waals surface area contributed by atoms with Gasteiger partial charge in [-0.2, -0.15) is 0 Å². The molecule has 1 amide bonds. The van der Waals surface area contributed by atoms with E-state index in [4.69, 9.17) is 16.3 Å². The van der Waals surface area contributed by atoms with Gasteiger partial charge in [0.05, 0.1) is 0 Å². The van der Waals surface area contributed by atoms with Crippen LogP contribution in [0.25, 0.3) is 0 Å². The van der Waals surface area contributed by atoms with Crippen LogP contribution >= 0.6 is 11.6 Å². The maximum absolute atomic E-state index is 13.1. The summed E-state index contributed by atoms with van der Waals surface area (Å²) in [6, 6.07) is 13.4. The average molecular weight is 407 g/mol. The van der Waals surface area contributed by atoms with E-state index in [2.05, 4.69) is 4.90 Å². The van der Waals surface area contributed by atoms with Crippen molar-refractivity contribution in [3.05, 3.63) is 64.9 Å². The SMILES string of the molecule is O=C(COc1ccc(Cl)cc1)N1CCN(Cc2ccc(F)cc2)C(CCO)C1. The van der Waals surface area contributed by atoms with Crippen molar-refractivity contribution < 1.29 is 19.0 Å². The summed E-state index contributed by atoms with van der Waals surface area (Å²) in [5.74, 6) is 0.255. The number of benzene rings is 2. The molecule has 2 aromatic rings. The minimum Gasteiger partial charge on any atom is -0.484 e. The average Bonchev–Trinajstić information content (AvgIpc) is 2.70. The number of aliphatic hydroxyl groups is 1. The lowest BCUT2D eigenvalue weighted by atomic mass is 10.1. The van der Waals surface area contributed by atoms with Crippen LogP contribution < -0.4 is 4.74 Å². The zero-order valence-corrected chi connectivity index (χ0v) is 16.3. The number of carbonyl (C=O) groups is 1. The van der Waals surface area contributed by atoms with Crippen LogP contribution in [-0.2, 0) is 11.3 Å². The smallest absolute Gasteiger partial charge is 0.260 e. The fourth-order valence-corrected chi connectivity index (χ4v) is 3.47. The molecule has 1 aliphatic rings. The predicted molar refractivity (Wildman–Crippen MR) is 106 cm³/mol. The van der Waals surface area contributed by atoms with Crippen molar-refractivity contribution >= 4 is 17.5 Å². The molecule has 7 heteroatoms. The lowest BCUT2D eigenvalue weighted by Gasteiger charge is -2.41. The topological polar surface area (TPSA) is 53.0 Å². The van der Waals surface area contributed by atoms with Gasteiger partial charge in [0.15, 0.2) is 6.61 Å². The minimum atomic E-state index is -0.258. The molecule has 150 valence electrons. The van der Waals surface area contributed by atoms with Gasteiger partial charge in [-0.25, -0.2) is 4.39 Å². The molecule has 28 heavy (non-hydrogen) atoms. The third-order valence-electron chi connectivity index (χ3n) is 4.89. The van der Waals surface area contributed by atoms with Crippen molar-refractivity contribution in [2.24, 2.45) is 0 Å². The molecule has 0 aromatic heterocycles. The number of aliphatic hydroxyl groups excluding tert-OH is 1. The predicted octanol–water partition coefficient (Wildman–Crippen LogP) is 2.95. The minimum absolute atomic E-state index is 0.0363. The van der Waals surface area contributed by atoms with Crippen molar-refractivity contribution in [1.82, 2.24) is 9.80 Å². The van der Waals surface area contributed by atoms with Crippen LogP contribution in [0.2, 0.25) is 5.02 Å². The van der Waals surface area contributed by atoms with Crippen LogP contribution in [0, 0.1) is 5.82 Å². The second-order valence-corrected chi connectivity index (χ2v) is 7.28. The third kappa shape index (κ3) is 5.67. The quantitative estimate of drug-likeness (QED) is 0.768. The molecule has 5 nitrogen and oxygen atoms in total. The van der Waals surface area contributed by atoms with Gasteiger partial charge < -0.3 is 14.7 Å². The first-order valence-electron chi connectivity index (χ1n) is 9.30. The van der Waals surface area contributed by atoms with Gasteiger partial charge >= 0.3 is 0 Å². The summed E-state index contributed by atoms with van der Waals surface area (Å²) in [7, 11) is 0. The van der Waals surface area contributed by atoms with E-state index in [0.29, 0.717) is 43.4 Å². The van der Waals surface area contributed by atoms with Gasteiger partial charge in [-0.05, 0) is 48.4 Å². The second kappa shape index (κ2) is 9.87. The van der Waals surface area contributed by atoms with Crippen LogP contribution in [0.15, 0.2) is 48.5 Å². The Morgan fingerprint density at radius 3 is 2.54 bits per heavy atom. The summed E-state index contributed by atoms with van der Waals surface area (Å²) in [6.45, 7) is 2.48. The van der Waals surface area contributed by atoms with Gasteiger partial charge in [-0.15, -0.1) is 0 Å². The van der Waals surface area contributed by atoms with Crippen molar-refractivity contribution in [3.8, 4) is 5.75 Å². The molecule has 0 aliphatic carbocycles. The molecular formula is C21H24ClFN2O3. The summed E-state index contributed by atoms with van der Waals surface area (Å²) in [4.78, 5) is 16.5.